The second-order valence-corrected chi connectivity index (χ2v) is 5.79. The first kappa shape index (κ1) is 14.4. The van der Waals surface area contributed by atoms with Gasteiger partial charge in [-0.1, -0.05) is 67.4 Å². The Balaban J connectivity index is 2.27. The minimum absolute atomic E-state index is 0.184. The largest absolute Gasteiger partial charge is 0.320 e. The van der Waals surface area contributed by atoms with E-state index in [0.29, 0.717) is 16.0 Å². The van der Waals surface area contributed by atoms with Crippen LogP contribution in [0.15, 0.2) is 42.5 Å². The van der Waals surface area contributed by atoms with E-state index in [1.165, 1.54) is 5.56 Å². The van der Waals surface area contributed by atoms with E-state index in [1.54, 1.807) is 6.07 Å². The molecule has 0 heterocycles. The molecular formula is C16H17Cl2N. The predicted molar refractivity (Wildman–Crippen MR) is 83.0 cm³/mol. The molecule has 0 saturated heterocycles. The van der Waals surface area contributed by atoms with Gasteiger partial charge in [0, 0.05) is 0 Å². The monoisotopic (exact) mass is 293 g/mol. The Hall–Kier alpha value is -1.02. The van der Waals surface area contributed by atoms with Crippen LogP contribution in [0.2, 0.25) is 10.0 Å². The van der Waals surface area contributed by atoms with Crippen LogP contribution < -0.4 is 5.73 Å². The summed E-state index contributed by atoms with van der Waals surface area (Å²) >= 11 is 11.9. The summed E-state index contributed by atoms with van der Waals surface area (Å²) in [7, 11) is 0. The minimum Gasteiger partial charge on any atom is -0.320 e. The normalized spacial score (nSPS) is 12.7. The topological polar surface area (TPSA) is 26.0 Å². The Labute approximate surface area is 124 Å². The van der Waals surface area contributed by atoms with Crippen molar-refractivity contribution >= 4 is 23.2 Å². The minimum atomic E-state index is -0.184. The fourth-order valence-electron chi connectivity index (χ4n) is 1.99. The van der Waals surface area contributed by atoms with E-state index in [1.807, 2.05) is 12.1 Å². The van der Waals surface area contributed by atoms with Gasteiger partial charge in [-0.2, -0.15) is 0 Å². The highest BCUT2D eigenvalue weighted by molar-refractivity contribution is 6.42. The van der Waals surface area contributed by atoms with Gasteiger partial charge in [0.2, 0.25) is 0 Å². The molecule has 0 aromatic heterocycles. The van der Waals surface area contributed by atoms with E-state index in [0.717, 1.165) is 11.1 Å². The van der Waals surface area contributed by atoms with E-state index in [9.17, 15) is 0 Å². The van der Waals surface area contributed by atoms with Crippen molar-refractivity contribution in [1.29, 1.82) is 0 Å². The van der Waals surface area contributed by atoms with Crippen LogP contribution in [0.25, 0.3) is 0 Å². The molecule has 0 fully saturated rings. The summed E-state index contributed by atoms with van der Waals surface area (Å²) in [5, 5.41) is 1.08. The third-order valence-corrected chi connectivity index (χ3v) is 4.00. The van der Waals surface area contributed by atoms with E-state index in [2.05, 4.69) is 38.1 Å². The lowest BCUT2D eigenvalue weighted by atomic mass is 9.96. The first-order chi connectivity index (χ1) is 8.99. The number of hydrogen-bond donors (Lipinski definition) is 1. The van der Waals surface area contributed by atoms with Gasteiger partial charge in [0.1, 0.15) is 0 Å². The predicted octanol–water partition coefficient (Wildman–Crippen LogP) is 5.16. The molecule has 0 amide bonds. The average molecular weight is 294 g/mol. The van der Waals surface area contributed by atoms with E-state index in [4.69, 9.17) is 28.9 Å². The Morgan fingerprint density at radius 3 is 1.84 bits per heavy atom. The molecule has 1 nitrogen and oxygen atoms in total. The first-order valence-corrected chi connectivity index (χ1v) is 7.05. The molecule has 100 valence electrons. The molecule has 19 heavy (non-hydrogen) atoms. The molecule has 0 radical (unpaired) electrons. The molecule has 0 saturated carbocycles. The van der Waals surface area contributed by atoms with Gasteiger partial charge in [-0.25, -0.2) is 0 Å². The highest BCUT2D eigenvalue weighted by Crippen LogP contribution is 2.28. The third kappa shape index (κ3) is 3.30. The molecule has 2 aromatic carbocycles. The van der Waals surface area contributed by atoms with Crippen molar-refractivity contribution in [1.82, 2.24) is 0 Å². The number of halogens is 2. The fraction of sp³-hybridized carbons (Fsp3) is 0.250. The third-order valence-electron chi connectivity index (χ3n) is 3.27. The second kappa shape index (κ2) is 5.96. The Morgan fingerprint density at radius 2 is 1.32 bits per heavy atom. The van der Waals surface area contributed by atoms with Gasteiger partial charge in [0.15, 0.2) is 0 Å². The lowest BCUT2D eigenvalue weighted by Gasteiger charge is -2.14. The van der Waals surface area contributed by atoms with Gasteiger partial charge in [-0.15, -0.1) is 0 Å². The van der Waals surface area contributed by atoms with Crippen LogP contribution in [0.3, 0.4) is 0 Å². The van der Waals surface area contributed by atoms with Crippen LogP contribution in [0.1, 0.15) is 42.5 Å². The molecule has 0 aliphatic carbocycles. The van der Waals surface area contributed by atoms with E-state index >= 15 is 0 Å². The van der Waals surface area contributed by atoms with Crippen LogP contribution in [-0.2, 0) is 0 Å². The molecule has 0 spiro atoms. The molecule has 0 aliphatic heterocycles. The van der Waals surface area contributed by atoms with Crippen LogP contribution in [0, 0.1) is 0 Å². The summed E-state index contributed by atoms with van der Waals surface area (Å²) in [4.78, 5) is 0. The van der Waals surface area contributed by atoms with Crippen molar-refractivity contribution in [2.75, 3.05) is 0 Å². The lowest BCUT2D eigenvalue weighted by molar-refractivity contribution is 0.847. The molecule has 2 rings (SSSR count). The zero-order chi connectivity index (χ0) is 14.0. The second-order valence-electron chi connectivity index (χ2n) is 4.97. The van der Waals surface area contributed by atoms with Crippen LogP contribution in [0.5, 0.6) is 0 Å². The average Bonchev–Trinajstić information content (AvgIpc) is 2.41. The molecule has 3 heteroatoms. The van der Waals surface area contributed by atoms with E-state index in [-0.39, 0.29) is 6.04 Å². The van der Waals surface area contributed by atoms with Gasteiger partial charge in [0.05, 0.1) is 16.1 Å². The summed E-state index contributed by atoms with van der Waals surface area (Å²) in [5.41, 5.74) is 9.61. The van der Waals surface area contributed by atoms with Gasteiger partial charge in [-0.3, -0.25) is 0 Å². The van der Waals surface area contributed by atoms with Crippen molar-refractivity contribution in [3.05, 3.63) is 69.2 Å². The quantitative estimate of drug-likeness (QED) is 0.830. The molecule has 1 unspecified atom stereocenters. The summed E-state index contributed by atoms with van der Waals surface area (Å²) < 4.78 is 0. The Bertz CT molecular complexity index is 561. The maximum Gasteiger partial charge on any atom is 0.0595 e. The molecule has 2 N–H and O–H groups in total. The zero-order valence-electron chi connectivity index (χ0n) is 11.0. The number of nitrogens with two attached hydrogens (primary N) is 1. The highest BCUT2D eigenvalue weighted by atomic mass is 35.5. The molecule has 1 atom stereocenters. The number of benzene rings is 2. The van der Waals surface area contributed by atoms with E-state index < -0.39 is 0 Å². The van der Waals surface area contributed by atoms with Crippen molar-refractivity contribution in [3.8, 4) is 0 Å². The Morgan fingerprint density at radius 1 is 0.789 bits per heavy atom. The summed E-state index contributed by atoms with van der Waals surface area (Å²) in [6, 6.07) is 13.7. The Kier molecular flexibility index (Phi) is 4.51. The fourth-order valence-corrected chi connectivity index (χ4v) is 2.29. The summed E-state index contributed by atoms with van der Waals surface area (Å²) in [6.45, 7) is 4.35. The van der Waals surface area contributed by atoms with Gasteiger partial charge in [0.25, 0.3) is 0 Å². The number of hydrogen-bond acceptors (Lipinski definition) is 1. The van der Waals surface area contributed by atoms with Gasteiger partial charge in [-0.05, 0) is 34.7 Å². The maximum atomic E-state index is 6.26. The zero-order valence-corrected chi connectivity index (χ0v) is 12.5. The van der Waals surface area contributed by atoms with Crippen molar-refractivity contribution in [3.63, 3.8) is 0 Å². The smallest absolute Gasteiger partial charge is 0.0595 e. The lowest BCUT2D eigenvalue weighted by Crippen LogP contribution is -2.11. The van der Waals surface area contributed by atoms with Gasteiger partial charge >= 0.3 is 0 Å². The standard InChI is InChI=1S/C16H17Cl2N/c1-10(2)11-3-5-12(6-4-11)16(19)13-7-8-14(17)15(18)9-13/h3-10,16H,19H2,1-2H3. The molecule has 2 aromatic rings. The SMILES string of the molecule is CC(C)c1ccc(C(N)c2ccc(Cl)c(Cl)c2)cc1. The molecular weight excluding hydrogens is 277 g/mol. The number of rotatable bonds is 3. The summed E-state index contributed by atoms with van der Waals surface area (Å²) in [6.07, 6.45) is 0. The summed E-state index contributed by atoms with van der Waals surface area (Å²) in [5.74, 6) is 0.523. The van der Waals surface area contributed by atoms with Gasteiger partial charge < -0.3 is 5.73 Å². The van der Waals surface area contributed by atoms with Crippen LogP contribution in [0.4, 0.5) is 0 Å². The first-order valence-electron chi connectivity index (χ1n) is 6.29. The van der Waals surface area contributed by atoms with Crippen LogP contribution >= 0.6 is 23.2 Å². The van der Waals surface area contributed by atoms with Crippen molar-refractivity contribution < 1.29 is 0 Å². The highest BCUT2D eigenvalue weighted by Gasteiger charge is 2.11. The molecule has 0 aliphatic rings. The molecule has 0 bridgehead atoms. The maximum absolute atomic E-state index is 6.26. The van der Waals surface area contributed by atoms with Crippen molar-refractivity contribution in [2.24, 2.45) is 5.73 Å². The van der Waals surface area contributed by atoms with Crippen LogP contribution in [-0.4, -0.2) is 0 Å². The van der Waals surface area contributed by atoms with Crippen molar-refractivity contribution in [2.45, 2.75) is 25.8 Å².